The quantitative estimate of drug-likeness (QED) is 0.588. The normalized spacial score (nSPS) is 9.38. The SMILES string of the molecule is SSSS.c1ccc2scnc2c1. The summed E-state index contributed by atoms with van der Waals surface area (Å²) in [4.78, 5) is 4.14. The lowest BCUT2D eigenvalue weighted by molar-refractivity contribution is 1.50. The Morgan fingerprint density at radius 1 is 1.15 bits per heavy atom. The van der Waals surface area contributed by atoms with Gasteiger partial charge in [0.15, 0.2) is 0 Å². The summed E-state index contributed by atoms with van der Waals surface area (Å²) in [6.07, 6.45) is 0. The Balaban J connectivity index is 0.000000184. The number of rotatable bonds is 1. The van der Waals surface area contributed by atoms with E-state index < -0.39 is 0 Å². The molecule has 0 saturated heterocycles. The van der Waals surface area contributed by atoms with Crippen molar-refractivity contribution in [2.45, 2.75) is 0 Å². The third-order valence-electron chi connectivity index (χ3n) is 1.27. The Hall–Kier alpha value is 0.510. The van der Waals surface area contributed by atoms with E-state index in [4.69, 9.17) is 0 Å². The van der Waals surface area contributed by atoms with Crippen LogP contribution in [0.15, 0.2) is 29.8 Å². The van der Waals surface area contributed by atoms with Crippen molar-refractivity contribution in [2.24, 2.45) is 0 Å². The molecular formula is C7H7NS5. The first-order valence-electron chi connectivity index (χ1n) is 3.28. The van der Waals surface area contributed by atoms with E-state index in [-0.39, 0.29) is 0 Å². The number of thiol groups is 2. The van der Waals surface area contributed by atoms with Gasteiger partial charge < -0.3 is 0 Å². The number of thiazole rings is 1. The van der Waals surface area contributed by atoms with Crippen LogP contribution < -0.4 is 0 Å². The molecule has 0 N–H and O–H groups in total. The Bertz CT molecular complexity index is 315. The van der Waals surface area contributed by atoms with Gasteiger partial charge in [0.25, 0.3) is 0 Å². The summed E-state index contributed by atoms with van der Waals surface area (Å²) < 4.78 is 1.26. The van der Waals surface area contributed by atoms with E-state index in [0.29, 0.717) is 0 Å². The Kier molecular flexibility index (Phi) is 6.14. The largest absolute Gasteiger partial charge is 0.245 e. The zero-order valence-electron chi connectivity index (χ0n) is 6.45. The molecule has 1 nitrogen and oxygen atoms in total. The first kappa shape index (κ1) is 11.6. The second-order valence-electron chi connectivity index (χ2n) is 1.97. The van der Waals surface area contributed by atoms with E-state index >= 15 is 0 Å². The summed E-state index contributed by atoms with van der Waals surface area (Å²) in [6, 6.07) is 8.13. The first-order chi connectivity index (χ1) is 6.38. The molecule has 13 heavy (non-hydrogen) atoms. The maximum atomic E-state index is 4.14. The van der Waals surface area contributed by atoms with Gasteiger partial charge in [-0.2, -0.15) is 0 Å². The summed E-state index contributed by atoms with van der Waals surface area (Å²) in [5.74, 6) is 0. The average Bonchev–Trinajstić information content (AvgIpc) is 2.66. The first-order valence-corrected chi connectivity index (χ1v) is 8.41. The Morgan fingerprint density at radius 3 is 2.46 bits per heavy atom. The molecule has 2 aromatic rings. The molecule has 0 aliphatic rings. The van der Waals surface area contributed by atoms with Crippen molar-refractivity contribution in [1.82, 2.24) is 4.98 Å². The van der Waals surface area contributed by atoms with Gasteiger partial charge in [-0.25, -0.2) is 4.98 Å². The molecule has 6 heteroatoms. The highest BCUT2D eigenvalue weighted by molar-refractivity contribution is 9.21. The lowest BCUT2D eigenvalue weighted by Crippen LogP contribution is -1.61. The molecule has 0 fully saturated rings. The van der Waals surface area contributed by atoms with Crippen LogP contribution in [0.5, 0.6) is 0 Å². The van der Waals surface area contributed by atoms with Crippen LogP contribution in [-0.4, -0.2) is 4.98 Å². The van der Waals surface area contributed by atoms with E-state index in [0.717, 1.165) is 5.52 Å². The van der Waals surface area contributed by atoms with Gasteiger partial charge >= 0.3 is 0 Å². The fourth-order valence-corrected chi connectivity index (χ4v) is 1.48. The van der Waals surface area contributed by atoms with Gasteiger partial charge in [0, 0.05) is 0 Å². The fraction of sp³-hybridized carbons (Fsp3) is 0. The monoisotopic (exact) mass is 265 g/mol. The molecule has 0 unspecified atom stereocenters. The highest BCUT2D eigenvalue weighted by atomic mass is 33.7. The molecule has 0 spiro atoms. The van der Waals surface area contributed by atoms with Gasteiger partial charge in [-0.15, -0.1) is 11.3 Å². The number of benzene rings is 1. The van der Waals surface area contributed by atoms with Crippen molar-refractivity contribution < 1.29 is 0 Å². The number of hydrogen-bond acceptors (Lipinski definition) is 6. The zero-order valence-corrected chi connectivity index (χ0v) is 10.7. The Morgan fingerprint density at radius 2 is 1.85 bits per heavy atom. The fourth-order valence-electron chi connectivity index (χ4n) is 0.803. The predicted molar refractivity (Wildman–Crippen MR) is 72.8 cm³/mol. The molecule has 2 rings (SSSR count). The second-order valence-corrected chi connectivity index (χ2v) is 6.73. The van der Waals surface area contributed by atoms with Gasteiger partial charge in [0.2, 0.25) is 0 Å². The maximum absolute atomic E-state index is 4.14. The topological polar surface area (TPSA) is 12.9 Å². The molecule has 0 saturated carbocycles. The molecule has 0 bridgehead atoms. The highest BCUT2D eigenvalue weighted by Crippen LogP contribution is 2.27. The molecule has 0 radical (unpaired) electrons. The highest BCUT2D eigenvalue weighted by Gasteiger charge is 1.89. The molecule has 1 aromatic heterocycles. The molecule has 0 atom stereocenters. The second kappa shape index (κ2) is 6.89. The number of fused-ring (bicyclic) bond motifs is 1. The molecule has 0 aliphatic carbocycles. The van der Waals surface area contributed by atoms with E-state index in [1.807, 2.05) is 23.7 Å². The van der Waals surface area contributed by atoms with Crippen molar-refractivity contribution in [3.8, 4) is 0 Å². The third kappa shape index (κ3) is 4.03. The van der Waals surface area contributed by atoms with E-state index in [1.54, 1.807) is 11.3 Å². The van der Waals surface area contributed by atoms with Crippen LogP contribution in [0.2, 0.25) is 0 Å². The van der Waals surface area contributed by atoms with Crippen LogP contribution in [-0.2, 0) is 0 Å². The number of hydrogen-bond donors (Lipinski definition) is 2. The van der Waals surface area contributed by atoms with Gasteiger partial charge in [-0.3, -0.25) is 0 Å². The van der Waals surface area contributed by atoms with Crippen LogP contribution in [0, 0.1) is 0 Å². The van der Waals surface area contributed by atoms with Crippen molar-refractivity contribution in [1.29, 1.82) is 0 Å². The van der Waals surface area contributed by atoms with E-state index in [9.17, 15) is 0 Å². The summed E-state index contributed by atoms with van der Waals surface area (Å²) in [7, 11) is 2.66. The predicted octanol–water partition coefficient (Wildman–Crippen LogP) is 4.35. The molecule has 70 valence electrons. The van der Waals surface area contributed by atoms with Crippen LogP contribution >= 0.6 is 54.3 Å². The smallest absolute Gasteiger partial charge is 0.0812 e. The van der Waals surface area contributed by atoms with Crippen molar-refractivity contribution in [2.75, 3.05) is 0 Å². The number of aromatic nitrogens is 1. The minimum Gasteiger partial charge on any atom is -0.245 e. The third-order valence-corrected chi connectivity index (χ3v) is 4.75. The average molecular weight is 265 g/mol. The molecule has 0 aliphatic heterocycles. The van der Waals surface area contributed by atoms with E-state index in [1.165, 1.54) is 24.4 Å². The summed E-state index contributed by atoms with van der Waals surface area (Å²) >= 11 is 9.12. The molecule has 1 aromatic carbocycles. The lowest BCUT2D eigenvalue weighted by Gasteiger charge is -1.80. The number of nitrogens with zero attached hydrogens (tertiary/aromatic N) is 1. The summed E-state index contributed by atoms with van der Waals surface area (Å²) in [5, 5.41) is 0. The van der Waals surface area contributed by atoms with Gasteiger partial charge in [-0.05, 0) is 31.8 Å². The summed E-state index contributed by atoms with van der Waals surface area (Å²) in [5.41, 5.74) is 2.97. The Labute approximate surface area is 98.7 Å². The maximum Gasteiger partial charge on any atom is 0.0812 e. The standard InChI is InChI=1S/C7H5NS.H2S4/c1-2-4-7-6(3-1)8-5-9-7;1-3-4-2/h1-5H;1-2H. The number of para-hydroxylation sites is 1. The van der Waals surface area contributed by atoms with Gasteiger partial charge in [0.05, 0.1) is 15.7 Å². The molecular weight excluding hydrogens is 258 g/mol. The molecule has 0 amide bonds. The minimum atomic E-state index is 1.10. The zero-order chi connectivity index (χ0) is 9.52. The summed E-state index contributed by atoms with van der Waals surface area (Å²) in [6.45, 7) is 0. The van der Waals surface area contributed by atoms with Crippen LogP contribution in [0.4, 0.5) is 0 Å². The van der Waals surface area contributed by atoms with Crippen LogP contribution in [0.1, 0.15) is 0 Å². The minimum absolute atomic E-state index is 1.10. The molecule has 1 heterocycles. The van der Waals surface area contributed by atoms with Crippen LogP contribution in [0.25, 0.3) is 10.2 Å². The van der Waals surface area contributed by atoms with Crippen molar-refractivity contribution in [3.63, 3.8) is 0 Å². The van der Waals surface area contributed by atoms with Crippen LogP contribution in [0.3, 0.4) is 0 Å². The van der Waals surface area contributed by atoms with Crippen molar-refractivity contribution >= 4 is 64.5 Å². The van der Waals surface area contributed by atoms with Gasteiger partial charge in [0.1, 0.15) is 0 Å². The van der Waals surface area contributed by atoms with E-state index in [2.05, 4.69) is 34.4 Å². The lowest BCUT2D eigenvalue weighted by atomic mass is 10.3. The van der Waals surface area contributed by atoms with Crippen molar-refractivity contribution in [3.05, 3.63) is 29.8 Å². The van der Waals surface area contributed by atoms with Gasteiger partial charge in [-0.1, -0.05) is 35.5 Å².